The van der Waals surface area contributed by atoms with E-state index < -0.39 is 0 Å². The van der Waals surface area contributed by atoms with E-state index in [1.165, 1.54) is 0 Å². The average molecular weight is 137 g/mol. The monoisotopic (exact) mass is 137 g/mol. The first-order valence-electron chi connectivity index (χ1n) is 3.31. The molecular weight excluding hydrogens is 126 g/mol. The fourth-order valence-corrected chi connectivity index (χ4v) is 1.09. The molecule has 10 heavy (non-hydrogen) atoms. The van der Waals surface area contributed by atoms with Crippen LogP contribution >= 0.6 is 0 Å². The van der Waals surface area contributed by atoms with Crippen molar-refractivity contribution in [3.63, 3.8) is 0 Å². The summed E-state index contributed by atoms with van der Waals surface area (Å²) in [4.78, 5) is 10.8. The van der Waals surface area contributed by atoms with Gasteiger partial charge in [-0.15, -0.1) is 13.2 Å². The molecule has 0 aromatic heterocycles. The second-order valence-corrected chi connectivity index (χ2v) is 2.50. The molecular formula is C8H11NO. The Bertz CT molecular complexity index is 176. The molecule has 1 amide bonds. The first-order valence-corrected chi connectivity index (χ1v) is 3.31. The van der Waals surface area contributed by atoms with Crippen molar-refractivity contribution in [1.82, 2.24) is 5.32 Å². The van der Waals surface area contributed by atoms with Crippen LogP contribution in [0, 0.1) is 0 Å². The number of hydrogen-bond donors (Lipinski definition) is 1. The Morgan fingerprint density at radius 1 is 1.50 bits per heavy atom. The number of carbonyl (C=O) groups is 1. The predicted octanol–water partition coefficient (Wildman–Crippen LogP) is 1.01. The van der Waals surface area contributed by atoms with Crippen molar-refractivity contribution in [3.05, 3.63) is 25.3 Å². The minimum atomic E-state index is -0.322. The molecule has 54 valence electrons. The van der Waals surface area contributed by atoms with Crippen LogP contribution in [0.5, 0.6) is 0 Å². The van der Waals surface area contributed by atoms with Crippen LogP contribution in [0.25, 0.3) is 0 Å². The van der Waals surface area contributed by atoms with Crippen molar-refractivity contribution >= 4 is 5.91 Å². The van der Waals surface area contributed by atoms with Crippen LogP contribution in [-0.2, 0) is 4.79 Å². The van der Waals surface area contributed by atoms with Gasteiger partial charge in [-0.25, -0.2) is 0 Å². The van der Waals surface area contributed by atoms with Crippen LogP contribution in [-0.4, -0.2) is 11.4 Å². The molecule has 1 aliphatic rings. The molecule has 1 saturated heterocycles. The fourth-order valence-electron chi connectivity index (χ4n) is 1.09. The van der Waals surface area contributed by atoms with Crippen LogP contribution in [0.1, 0.15) is 12.8 Å². The summed E-state index contributed by atoms with van der Waals surface area (Å²) >= 11 is 0. The van der Waals surface area contributed by atoms with Gasteiger partial charge in [-0.2, -0.15) is 0 Å². The molecule has 1 rings (SSSR count). The summed E-state index contributed by atoms with van der Waals surface area (Å²) in [7, 11) is 0. The van der Waals surface area contributed by atoms with Crippen LogP contribution in [0.4, 0.5) is 0 Å². The van der Waals surface area contributed by atoms with Crippen molar-refractivity contribution in [2.24, 2.45) is 0 Å². The van der Waals surface area contributed by atoms with Crippen LogP contribution in [0.3, 0.4) is 0 Å². The molecule has 1 heterocycles. The van der Waals surface area contributed by atoms with E-state index in [1.54, 1.807) is 12.2 Å². The van der Waals surface area contributed by atoms with E-state index in [2.05, 4.69) is 18.5 Å². The van der Waals surface area contributed by atoms with E-state index in [1.807, 2.05) is 0 Å². The average Bonchev–Trinajstić information content (AvgIpc) is 2.33. The van der Waals surface area contributed by atoms with Crippen LogP contribution in [0.2, 0.25) is 0 Å². The van der Waals surface area contributed by atoms with Crippen molar-refractivity contribution in [3.8, 4) is 0 Å². The van der Waals surface area contributed by atoms with Gasteiger partial charge in [0.15, 0.2) is 0 Å². The number of amides is 1. The summed E-state index contributed by atoms with van der Waals surface area (Å²) in [6.07, 6.45) is 4.83. The fraction of sp³-hybridized carbons (Fsp3) is 0.375. The summed E-state index contributed by atoms with van der Waals surface area (Å²) in [5.41, 5.74) is -0.322. The zero-order valence-corrected chi connectivity index (χ0v) is 5.89. The number of hydrogen-bond acceptors (Lipinski definition) is 1. The Labute approximate surface area is 60.6 Å². The Morgan fingerprint density at radius 2 is 2.10 bits per heavy atom. The molecule has 0 atom stereocenters. The van der Waals surface area contributed by atoms with Crippen molar-refractivity contribution < 1.29 is 4.79 Å². The molecule has 0 aromatic rings. The van der Waals surface area contributed by atoms with Gasteiger partial charge in [0, 0.05) is 6.42 Å². The quantitative estimate of drug-likeness (QED) is 0.565. The molecule has 0 saturated carbocycles. The van der Waals surface area contributed by atoms with E-state index in [0.717, 1.165) is 6.42 Å². The maximum Gasteiger partial charge on any atom is 0.221 e. The second-order valence-electron chi connectivity index (χ2n) is 2.50. The first-order chi connectivity index (χ1) is 4.72. The maximum absolute atomic E-state index is 10.8. The molecule has 0 aromatic carbocycles. The van der Waals surface area contributed by atoms with E-state index in [9.17, 15) is 4.79 Å². The van der Waals surface area contributed by atoms with Gasteiger partial charge in [-0.3, -0.25) is 4.79 Å². The summed E-state index contributed by atoms with van der Waals surface area (Å²) < 4.78 is 0. The summed E-state index contributed by atoms with van der Waals surface area (Å²) in [6.45, 7) is 7.27. The number of rotatable bonds is 2. The summed E-state index contributed by atoms with van der Waals surface area (Å²) in [5.74, 6) is 0.0831. The van der Waals surface area contributed by atoms with Crippen molar-refractivity contribution in [2.75, 3.05) is 0 Å². The molecule has 0 spiro atoms. The van der Waals surface area contributed by atoms with Gasteiger partial charge in [0.25, 0.3) is 0 Å². The third-order valence-electron chi connectivity index (χ3n) is 1.87. The van der Waals surface area contributed by atoms with E-state index in [0.29, 0.717) is 6.42 Å². The highest BCUT2D eigenvalue weighted by Gasteiger charge is 2.31. The molecule has 0 bridgehead atoms. The van der Waals surface area contributed by atoms with Gasteiger partial charge >= 0.3 is 0 Å². The highest BCUT2D eigenvalue weighted by molar-refractivity contribution is 5.80. The van der Waals surface area contributed by atoms with E-state index in [4.69, 9.17) is 0 Å². The lowest BCUT2D eigenvalue weighted by Crippen LogP contribution is -2.36. The molecule has 1 fully saturated rings. The maximum atomic E-state index is 10.8. The normalized spacial score (nSPS) is 21.8. The molecule has 0 radical (unpaired) electrons. The van der Waals surface area contributed by atoms with E-state index >= 15 is 0 Å². The van der Waals surface area contributed by atoms with Crippen molar-refractivity contribution in [1.29, 1.82) is 0 Å². The third-order valence-corrected chi connectivity index (χ3v) is 1.87. The summed E-state index contributed by atoms with van der Waals surface area (Å²) in [5, 5.41) is 2.79. The highest BCUT2D eigenvalue weighted by Crippen LogP contribution is 2.21. The van der Waals surface area contributed by atoms with E-state index in [-0.39, 0.29) is 11.4 Å². The molecule has 0 aliphatic carbocycles. The smallest absolute Gasteiger partial charge is 0.221 e. The standard InChI is InChI=1S/C8H11NO/c1-3-8(4-2)6-5-7(10)9-8/h3-4H,1-2,5-6H2,(H,9,10). The Morgan fingerprint density at radius 3 is 2.30 bits per heavy atom. The van der Waals surface area contributed by atoms with Crippen molar-refractivity contribution in [2.45, 2.75) is 18.4 Å². The minimum absolute atomic E-state index is 0.0831. The summed E-state index contributed by atoms with van der Waals surface area (Å²) in [6, 6.07) is 0. The molecule has 2 nitrogen and oxygen atoms in total. The molecule has 1 N–H and O–H groups in total. The first kappa shape index (κ1) is 7.06. The van der Waals surface area contributed by atoms with Gasteiger partial charge in [0.2, 0.25) is 5.91 Å². The largest absolute Gasteiger partial charge is 0.344 e. The molecule has 0 unspecified atom stereocenters. The molecule has 1 aliphatic heterocycles. The SMILES string of the molecule is C=CC1(C=C)CCC(=O)N1. The van der Waals surface area contributed by atoms with Gasteiger partial charge in [0.05, 0.1) is 5.54 Å². The lowest BCUT2D eigenvalue weighted by atomic mass is 9.98. The lowest BCUT2D eigenvalue weighted by Gasteiger charge is -2.18. The second kappa shape index (κ2) is 2.29. The zero-order chi connectivity index (χ0) is 7.61. The Hall–Kier alpha value is -1.05. The van der Waals surface area contributed by atoms with Gasteiger partial charge in [-0.1, -0.05) is 12.2 Å². The Balaban J connectivity index is 2.77. The Kier molecular flexibility index (Phi) is 1.62. The minimum Gasteiger partial charge on any atom is -0.344 e. The number of nitrogens with one attached hydrogen (secondary N) is 1. The zero-order valence-electron chi connectivity index (χ0n) is 5.89. The predicted molar refractivity (Wildman–Crippen MR) is 40.5 cm³/mol. The lowest BCUT2D eigenvalue weighted by molar-refractivity contribution is -0.119. The third kappa shape index (κ3) is 0.967. The van der Waals surface area contributed by atoms with Gasteiger partial charge < -0.3 is 5.32 Å². The van der Waals surface area contributed by atoms with Crippen LogP contribution in [0.15, 0.2) is 25.3 Å². The van der Waals surface area contributed by atoms with Gasteiger partial charge in [-0.05, 0) is 6.42 Å². The number of carbonyl (C=O) groups excluding carboxylic acids is 1. The van der Waals surface area contributed by atoms with Gasteiger partial charge in [0.1, 0.15) is 0 Å². The van der Waals surface area contributed by atoms with Crippen LogP contribution < -0.4 is 5.32 Å². The highest BCUT2D eigenvalue weighted by atomic mass is 16.2. The molecule has 2 heteroatoms. The topological polar surface area (TPSA) is 29.1 Å².